The second-order valence-corrected chi connectivity index (χ2v) is 16.1. The molecule has 13 rings (SSSR count). The van der Waals surface area contributed by atoms with E-state index in [0.29, 0.717) is 5.56 Å². The molecule has 2 spiro atoms. The first-order valence-electron chi connectivity index (χ1n) is 20.2. The van der Waals surface area contributed by atoms with E-state index in [1.807, 2.05) is 24.3 Å². The number of esters is 1. The van der Waals surface area contributed by atoms with E-state index in [-0.39, 0.29) is 5.97 Å². The zero-order valence-corrected chi connectivity index (χ0v) is 32.1. The molecule has 7 aromatic carbocycles. The van der Waals surface area contributed by atoms with Gasteiger partial charge in [0.2, 0.25) is 0 Å². The highest BCUT2D eigenvalue weighted by Crippen LogP contribution is 2.64. The SMILES string of the molecule is COC(=O)c1ccc(/C(=C2/C=C3C(=N2)c2ccccc2C32c3ccccc3-c3ccccc32)c2cc3c([nH]2)-c2ccccc2C32c3ccccc3-c3ccccc32)cc1. The summed E-state index contributed by atoms with van der Waals surface area (Å²) in [7, 11) is 1.42. The predicted molar refractivity (Wildman–Crippen MR) is 234 cm³/mol. The maximum absolute atomic E-state index is 12.7. The van der Waals surface area contributed by atoms with Gasteiger partial charge in [-0.3, -0.25) is 0 Å². The number of allylic oxidation sites excluding steroid dienone is 2. The van der Waals surface area contributed by atoms with Crippen molar-refractivity contribution < 1.29 is 9.53 Å². The molecule has 0 saturated carbocycles. The van der Waals surface area contributed by atoms with Gasteiger partial charge in [0.25, 0.3) is 0 Å². The maximum atomic E-state index is 12.7. The fourth-order valence-corrected chi connectivity index (χ4v) is 11.4. The fourth-order valence-electron chi connectivity index (χ4n) is 11.4. The Hall–Kier alpha value is -7.56. The van der Waals surface area contributed by atoms with Gasteiger partial charge in [0.05, 0.1) is 40.6 Å². The first kappa shape index (κ1) is 32.5. The summed E-state index contributed by atoms with van der Waals surface area (Å²) in [6.07, 6.45) is 2.34. The molecule has 2 heterocycles. The monoisotopic (exact) mass is 754 g/mol. The quantitative estimate of drug-likeness (QED) is 0.183. The molecule has 0 bridgehead atoms. The number of nitrogens with zero attached hydrogens (tertiary/aromatic N) is 1. The number of hydrogen-bond donors (Lipinski definition) is 1. The van der Waals surface area contributed by atoms with Gasteiger partial charge in [0.1, 0.15) is 0 Å². The van der Waals surface area contributed by atoms with Crippen LogP contribution in [0.5, 0.6) is 0 Å². The Morgan fingerprint density at radius 2 is 0.915 bits per heavy atom. The number of benzene rings is 7. The summed E-state index contributed by atoms with van der Waals surface area (Å²) in [6, 6.07) is 63.3. The zero-order valence-electron chi connectivity index (χ0n) is 32.1. The van der Waals surface area contributed by atoms with E-state index in [1.54, 1.807) is 0 Å². The zero-order chi connectivity index (χ0) is 39.0. The third-order valence-corrected chi connectivity index (χ3v) is 13.6. The van der Waals surface area contributed by atoms with Crippen molar-refractivity contribution in [3.63, 3.8) is 0 Å². The number of hydrogen-bond acceptors (Lipinski definition) is 3. The number of aromatic nitrogens is 1. The lowest BCUT2D eigenvalue weighted by Crippen LogP contribution is -2.26. The number of nitrogens with one attached hydrogen (secondary N) is 1. The van der Waals surface area contributed by atoms with Crippen molar-refractivity contribution in [2.45, 2.75) is 10.8 Å². The molecular formula is C55H34N2O2. The van der Waals surface area contributed by atoms with Crippen molar-refractivity contribution in [1.29, 1.82) is 0 Å². The molecule has 0 atom stereocenters. The summed E-state index contributed by atoms with van der Waals surface area (Å²) < 4.78 is 5.11. The van der Waals surface area contributed by atoms with E-state index in [2.05, 4.69) is 163 Å². The largest absolute Gasteiger partial charge is 0.465 e. The highest BCUT2D eigenvalue weighted by Gasteiger charge is 2.56. The van der Waals surface area contributed by atoms with Crippen LogP contribution in [-0.2, 0) is 15.6 Å². The molecule has 4 aliphatic carbocycles. The van der Waals surface area contributed by atoms with Gasteiger partial charge in [-0.1, -0.05) is 158 Å². The van der Waals surface area contributed by atoms with Crippen molar-refractivity contribution in [2.24, 2.45) is 4.99 Å². The first-order chi connectivity index (χ1) is 29.1. The lowest BCUT2D eigenvalue weighted by atomic mass is 9.70. The number of H-pyrrole nitrogens is 1. The van der Waals surface area contributed by atoms with E-state index in [1.165, 1.54) is 79.4 Å². The van der Waals surface area contributed by atoms with Crippen molar-refractivity contribution >= 4 is 17.3 Å². The minimum absolute atomic E-state index is 0.364. The van der Waals surface area contributed by atoms with Gasteiger partial charge in [-0.05, 0) is 91.0 Å². The van der Waals surface area contributed by atoms with E-state index < -0.39 is 10.8 Å². The van der Waals surface area contributed by atoms with Crippen LogP contribution in [0.1, 0.15) is 66.1 Å². The second-order valence-electron chi connectivity index (χ2n) is 16.1. The van der Waals surface area contributed by atoms with E-state index in [4.69, 9.17) is 9.73 Å². The molecule has 0 amide bonds. The van der Waals surface area contributed by atoms with Crippen LogP contribution in [0.3, 0.4) is 0 Å². The van der Waals surface area contributed by atoms with Gasteiger partial charge in [0.15, 0.2) is 0 Å². The molecule has 4 nitrogen and oxygen atoms in total. The highest BCUT2D eigenvalue weighted by atomic mass is 16.5. The van der Waals surface area contributed by atoms with Crippen molar-refractivity contribution in [3.05, 3.63) is 255 Å². The number of carbonyl (C=O) groups excluding carboxylic acids is 1. The Balaban J connectivity index is 1.11. The molecule has 0 unspecified atom stereocenters. The van der Waals surface area contributed by atoms with Crippen LogP contribution >= 0.6 is 0 Å². The summed E-state index contributed by atoms with van der Waals surface area (Å²) in [4.78, 5) is 22.4. The number of aliphatic imine (C=N–C) groups is 1. The van der Waals surface area contributed by atoms with Crippen LogP contribution < -0.4 is 0 Å². The average molecular weight is 755 g/mol. The minimum atomic E-state index is -0.512. The number of carbonyl (C=O) groups is 1. The summed E-state index contributed by atoms with van der Waals surface area (Å²) in [5.74, 6) is -0.364. The number of ether oxygens (including phenoxy) is 1. The topological polar surface area (TPSA) is 54.4 Å². The van der Waals surface area contributed by atoms with Crippen molar-refractivity contribution in [3.8, 4) is 33.5 Å². The third-order valence-electron chi connectivity index (χ3n) is 13.6. The number of rotatable bonds is 3. The van der Waals surface area contributed by atoms with Crippen LogP contribution in [0.2, 0.25) is 0 Å². The molecule has 1 aromatic heterocycles. The van der Waals surface area contributed by atoms with Crippen molar-refractivity contribution in [1.82, 2.24) is 4.98 Å². The van der Waals surface area contributed by atoms with Gasteiger partial charge < -0.3 is 9.72 Å². The molecule has 276 valence electrons. The number of aromatic amines is 1. The Morgan fingerprint density at radius 1 is 0.492 bits per heavy atom. The highest BCUT2D eigenvalue weighted by molar-refractivity contribution is 6.24. The molecule has 0 radical (unpaired) electrons. The van der Waals surface area contributed by atoms with E-state index in [0.717, 1.165) is 39.5 Å². The van der Waals surface area contributed by atoms with Crippen LogP contribution in [0.4, 0.5) is 0 Å². The standard InChI is InChI=1S/C55H34N2O2/c1-59-53(58)33-28-26-32(27-29-33)50(48-30-46-51(56-48)38-18-6-12-24-44(38)54(46)40-20-8-2-14-34(40)35-15-3-9-21-41(35)54)49-31-47-52(57-49)39-19-7-13-25-45(39)55(47)42-22-10-4-16-36(42)37-17-5-11-23-43(37)55/h2-31,56H,1H3/b50-49+. The van der Waals surface area contributed by atoms with E-state index in [9.17, 15) is 4.79 Å². The third kappa shape index (κ3) is 3.89. The number of fused-ring (bicyclic) bond motifs is 20. The lowest BCUT2D eigenvalue weighted by molar-refractivity contribution is 0.0600. The van der Waals surface area contributed by atoms with Crippen LogP contribution in [0, 0.1) is 0 Å². The van der Waals surface area contributed by atoms with Crippen LogP contribution in [0.25, 0.3) is 39.1 Å². The van der Waals surface area contributed by atoms with Gasteiger partial charge >= 0.3 is 5.97 Å². The van der Waals surface area contributed by atoms with Gasteiger partial charge in [0, 0.05) is 28.0 Å². The summed E-state index contributed by atoms with van der Waals surface area (Å²) in [5, 5.41) is 0. The first-order valence-corrected chi connectivity index (χ1v) is 20.2. The summed E-state index contributed by atoms with van der Waals surface area (Å²) in [5.41, 5.74) is 23.0. The smallest absolute Gasteiger partial charge is 0.337 e. The molecule has 0 fully saturated rings. The molecule has 59 heavy (non-hydrogen) atoms. The Kier molecular flexibility index (Phi) is 6.35. The Labute approximate surface area is 341 Å². The Morgan fingerprint density at radius 3 is 1.44 bits per heavy atom. The fraction of sp³-hybridized carbons (Fsp3) is 0.0545. The molecule has 0 saturated heterocycles. The second kappa shape index (κ2) is 11.5. The van der Waals surface area contributed by atoms with Crippen molar-refractivity contribution in [2.75, 3.05) is 7.11 Å². The molecule has 5 aliphatic rings. The van der Waals surface area contributed by atoms with Gasteiger partial charge in [-0.15, -0.1) is 0 Å². The molecule has 4 heteroatoms. The Bertz CT molecular complexity index is 3190. The normalized spacial score (nSPS) is 16.6. The molecule has 1 N–H and O–H groups in total. The predicted octanol–water partition coefficient (Wildman–Crippen LogP) is 11.7. The molecule has 1 aliphatic heterocycles. The molecule has 8 aromatic rings. The van der Waals surface area contributed by atoms with Gasteiger partial charge in [-0.25, -0.2) is 9.79 Å². The van der Waals surface area contributed by atoms with Gasteiger partial charge in [-0.2, -0.15) is 0 Å². The summed E-state index contributed by atoms with van der Waals surface area (Å²) >= 11 is 0. The lowest BCUT2D eigenvalue weighted by Gasteiger charge is -2.30. The van der Waals surface area contributed by atoms with E-state index >= 15 is 0 Å². The number of methoxy groups -OCH3 is 1. The van der Waals surface area contributed by atoms with Crippen LogP contribution in [-0.4, -0.2) is 23.8 Å². The average Bonchev–Trinajstić information content (AvgIpc) is 4.13. The minimum Gasteiger partial charge on any atom is -0.465 e. The maximum Gasteiger partial charge on any atom is 0.337 e. The molecular weight excluding hydrogens is 721 g/mol. The summed E-state index contributed by atoms with van der Waals surface area (Å²) in [6.45, 7) is 0. The van der Waals surface area contributed by atoms with Crippen LogP contribution in [0.15, 0.2) is 198 Å².